The summed E-state index contributed by atoms with van der Waals surface area (Å²) >= 11 is 0. The van der Waals surface area contributed by atoms with Crippen LogP contribution in [0.4, 0.5) is 0 Å². The maximum atomic E-state index is 11.2. The summed E-state index contributed by atoms with van der Waals surface area (Å²) in [7, 11) is 3.22. The second-order valence-corrected chi connectivity index (χ2v) is 4.79. The van der Waals surface area contributed by atoms with Gasteiger partial charge in [-0.3, -0.25) is 4.79 Å². The summed E-state index contributed by atoms with van der Waals surface area (Å²) in [6.45, 7) is 5.30. The summed E-state index contributed by atoms with van der Waals surface area (Å²) in [5, 5.41) is 5.91. The van der Waals surface area contributed by atoms with Crippen molar-refractivity contribution in [2.24, 2.45) is 0 Å². The standard InChI is InChI=1S/C15H24N2O3/c1-11(2)17-10-12-5-6-13(19-4)14(9-12)20-8-7-15(18)16-3/h5-6,9,11,17H,7-8,10H2,1-4H3,(H,16,18). The Morgan fingerprint density at radius 3 is 2.65 bits per heavy atom. The van der Waals surface area contributed by atoms with E-state index in [9.17, 15) is 4.79 Å². The molecule has 0 bridgehead atoms. The van der Waals surface area contributed by atoms with Crippen LogP contribution in [0.5, 0.6) is 11.5 Å². The molecular formula is C15H24N2O3. The van der Waals surface area contributed by atoms with Crippen LogP contribution in [0.15, 0.2) is 18.2 Å². The molecule has 0 unspecified atom stereocenters. The Labute approximate surface area is 120 Å². The van der Waals surface area contributed by atoms with Crippen LogP contribution >= 0.6 is 0 Å². The van der Waals surface area contributed by atoms with Gasteiger partial charge in [0.1, 0.15) is 0 Å². The molecule has 0 aromatic heterocycles. The Morgan fingerprint density at radius 1 is 1.30 bits per heavy atom. The number of ether oxygens (including phenoxy) is 2. The molecule has 1 amide bonds. The Bertz CT molecular complexity index is 433. The molecular weight excluding hydrogens is 256 g/mol. The molecule has 0 atom stereocenters. The summed E-state index contributed by atoms with van der Waals surface area (Å²) in [6.07, 6.45) is 0.328. The van der Waals surface area contributed by atoms with E-state index >= 15 is 0 Å². The largest absolute Gasteiger partial charge is 0.493 e. The van der Waals surface area contributed by atoms with Crippen molar-refractivity contribution in [1.29, 1.82) is 0 Å². The van der Waals surface area contributed by atoms with E-state index in [1.165, 1.54) is 0 Å². The maximum Gasteiger partial charge on any atom is 0.223 e. The van der Waals surface area contributed by atoms with Gasteiger partial charge in [-0.05, 0) is 17.7 Å². The van der Waals surface area contributed by atoms with Gasteiger partial charge in [0.05, 0.1) is 20.1 Å². The first-order valence-corrected chi connectivity index (χ1v) is 6.80. The summed E-state index contributed by atoms with van der Waals surface area (Å²) in [5.41, 5.74) is 1.12. The fraction of sp³-hybridized carbons (Fsp3) is 0.533. The number of hydrogen-bond acceptors (Lipinski definition) is 4. The van der Waals surface area contributed by atoms with Gasteiger partial charge in [0.25, 0.3) is 0 Å². The minimum atomic E-state index is -0.0402. The van der Waals surface area contributed by atoms with Gasteiger partial charge in [0.15, 0.2) is 11.5 Å². The predicted octanol–water partition coefficient (Wildman–Crippen LogP) is 1.71. The van der Waals surface area contributed by atoms with Crippen LogP contribution in [0.2, 0.25) is 0 Å². The molecule has 5 nitrogen and oxygen atoms in total. The Kier molecular flexibility index (Phi) is 6.87. The molecule has 0 saturated carbocycles. The SMILES string of the molecule is CNC(=O)CCOc1cc(CNC(C)C)ccc1OC. The summed E-state index contributed by atoms with van der Waals surface area (Å²) in [6, 6.07) is 6.25. The third-order valence-electron chi connectivity index (χ3n) is 2.81. The molecule has 20 heavy (non-hydrogen) atoms. The first-order chi connectivity index (χ1) is 9.56. The zero-order valence-electron chi connectivity index (χ0n) is 12.7. The maximum absolute atomic E-state index is 11.2. The van der Waals surface area contributed by atoms with Gasteiger partial charge in [0, 0.05) is 19.6 Å². The number of nitrogens with one attached hydrogen (secondary N) is 2. The Hall–Kier alpha value is -1.75. The predicted molar refractivity (Wildman–Crippen MR) is 79.1 cm³/mol. The van der Waals surface area contributed by atoms with Gasteiger partial charge in [0.2, 0.25) is 5.91 Å². The first-order valence-electron chi connectivity index (χ1n) is 6.80. The van der Waals surface area contributed by atoms with E-state index in [1.807, 2.05) is 18.2 Å². The van der Waals surface area contributed by atoms with Crippen molar-refractivity contribution in [3.63, 3.8) is 0 Å². The van der Waals surface area contributed by atoms with E-state index in [0.717, 1.165) is 12.1 Å². The minimum Gasteiger partial charge on any atom is -0.493 e. The van der Waals surface area contributed by atoms with Crippen molar-refractivity contribution in [2.75, 3.05) is 20.8 Å². The molecule has 0 fully saturated rings. The zero-order chi connectivity index (χ0) is 15.0. The van der Waals surface area contributed by atoms with Gasteiger partial charge in [-0.25, -0.2) is 0 Å². The fourth-order valence-corrected chi connectivity index (χ4v) is 1.64. The van der Waals surface area contributed by atoms with Crippen molar-refractivity contribution >= 4 is 5.91 Å². The lowest BCUT2D eigenvalue weighted by molar-refractivity contribution is -0.121. The topological polar surface area (TPSA) is 59.6 Å². The van der Waals surface area contributed by atoms with Crippen LogP contribution in [0.1, 0.15) is 25.8 Å². The molecule has 0 aliphatic heterocycles. The number of rotatable bonds is 8. The Balaban J connectivity index is 2.65. The summed E-state index contributed by atoms with van der Waals surface area (Å²) in [5.74, 6) is 1.30. The van der Waals surface area contributed by atoms with Gasteiger partial charge >= 0.3 is 0 Å². The molecule has 2 N–H and O–H groups in total. The average Bonchev–Trinajstić information content (AvgIpc) is 2.45. The van der Waals surface area contributed by atoms with Crippen LogP contribution in [0.25, 0.3) is 0 Å². The number of benzene rings is 1. The van der Waals surface area contributed by atoms with Crippen molar-refractivity contribution in [3.05, 3.63) is 23.8 Å². The second kappa shape index (κ2) is 8.43. The lowest BCUT2D eigenvalue weighted by atomic mass is 10.2. The molecule has 1 rings (SSSR count). The van der Waals surface area contributed by atoms with Crippen molar-refractivity contribution < 1.29 is 14.3 Å². The van der Waals surface area contributed by atoms with Gasteiger partial charge in [-0.2, -0.15) is 0 Å². The van der Waals surface area contributed by atoms with Crippen molar-refractivity contribution in [1.82, 2.24) is 10.6 Å². The summed E-state index contributed by atoms with van der Waals surface area (Å²) < 4.78 is 10.9. The Morgan fingerprint density at radius 2 is 2.05 bits per heavy atom. The monoisotopic (exact) mass is 280 g/mol. The fourth-order valence-electron chi connectivity index (χ4n) is 1.64. The molecule has 0 aliphatic carbocycles. The molecule has 1 aromatic carbocycles. The minimum absolute atomic E-state index is 0.0402. The smallest absolute Gasteiger partial charge is 0.223 e. The highest BCUT2D eigenvalue weighted by Crippen LogP contribution is 2.28. The van der Waals surface area contributed by atoms with Crippen LogP contribution in [-0.2, 0) is 11.3 Å². The third-order valence-corrected chi connectivity index (χ3v) is 2.81. The van der Waals surface area contributed by atoms with Gasteiger partial charge < -0.3 is 20.1 Å². The number of methoxy groups -OCH3 is 1. The molecule has 5 heteroatoms. The molecule has 0 saturated heterocycles. The van der Waals surface area contributed by atoms with E-state index in [-0.39, 0.29) is 5.91 Å². The number of carbonyl (C=O) groups is 1. The van der Waals surface area contributed by atoms with E-state index in [2.05, 4.69) is 24.5 Å². The molecule has 0 aliphatic rings. The average molecular weight is 280 g/mol. The molecule has 1 aromatic rings. The van der Waals surface area contributed by atoms with Crippen LogP contribution in [0.3, 0.4) is 0 Å². The molecule has 0 radical (unpaired) electrons. The van der Waals surface area contributed by atoms with Gasteiger partial charge in [-0.15, -0.1) is 0 Å². The van der Waals surface area contributed by atoms with E-state index < -0.39 is 0 Å². The third kappa shape index (κ3) is 5.48. The van der Waals surface area contributed by atoms with E-state index in [4.69, 9.17) is 9.47 Å². The van der Waals surface area contributed by atoms with Crippen LogP contribution < -0.4 is 20.1 Å². The van der Waals surface area contributed by atoms with Crippen molar-refractivity contribution in [3.8, 4) is 11.5 Å². The van der Waals surface area contributed by atoms with E-state index in [1.54, 1.807) is 14.2 Å². The normalized spacial score (nSPS) is 10.4. The second-order valence-electron chi connectivity index (χ2n) is 4.79. The van der Waals surface area contributed by atoms with Crippen LogP contribution in [0, 0.1) is 0 Å². The molecule has 0 spiro atoms. The summed E-state index contributed by atoms with van der Waals surface area (Å²) in [4.78, 5) is 11.2. The lowest BCUT2D eigenvalue weighted by Crippen LogP contribution is -2.22. The van der Waals surface area contributed by atoms with Gasteiger partial charge in [-0.1, -0.05) is 19.9 Å². The number of amides is 1. The number of hydrogen-bond donors (Lipinski definition) is 2. The van der Waals surface area contributed by atoms with Crippen LogP contribution in [-0.4, -0.2) is 32.7 Å². The highest BCUT2D eigenvalue weighted by molar-refractivity contribution is 5.75. The van der Waals surface area contributed by atoms with Crippen molar-refractivity contribution in [2.45, 2.75) is 32.9 Å². The zero-order valence-corrected chi connectivity index (χ0v) is 12.7. The first kappa shape index (κ1) is 16.3. The lowest BCUT2D eigenvalue weighted by Gasteiger charge is -2.13. The molecule has 0 heterocycles. The highest BCUT2D eigenvalue weighted by atomic mass is 16.5. The number of carbonyl (C=O) groups excluding carboxylic acids is 1. The highest BCUT2D eigenvalue weighted by Gasteiger charge is 2.07. The van der Waals surface area contributed by atoms with E-state index in [0.29, 0.717) is 30.6 Å². The quantitative estimate of drug-likeness (QED) is 0.761. The molecule has 112 valence electrons.